The van der Waals surface area contributed by atoms with Crippen molar-refractivity contribution >= 4 is 29.7 Å². The van der Waals surface area contributed by atoms with Crippen LogP contribution in [-0.2, 0) is 41.4 Å². The summed E-state index contributed by atoms with van der Waals surface area (Å²) in [7, 11) is 0. The van der Waals surface area contributed by atoms with Gasteiger partial charge in [-0.1, -0.05) is 12.1 Å². The Morgan fingerprint density at radius 3 is 1.81 bits per heavy atom. The normalized spacial score (nSPS) is 19.3. The van der Waals surface area contributed by atoms with Crippen molar-refractivity contribution in [3.8, 4) is 0 Å². The number of rotatable bonds is 10. The number of carbonyl (C=O) groups is 5. The second kappa shape index (κ2) is 13.5. The molecule has 0 radical (unpaired) electrons. The minimum absolute atomic E-state index is 0.0138. The number of nitrogens with zero attached hydrogens (tertiary/aromatic N) is 3. The zero-order valence-electron chi connectivity index (χ0n) is 22.2. The highest BCUT2D eigenvalue weighted by Gasteiger charge is 2.45. The summed E-state index contributed by atoms with van der Waals surface area (Å²) in [4.78, 5) is 64.2. The summed E-state index contributed by atoms with van der Waals surface area (Å²) in [6, 6.07) is 1.90. The minimum atomic E-state index is -5.39. The summed E-state index contributed by atoms with van der Waals surface area (Å²) >= 11 is 0. The van der Waals surface area contributed by atoms with Crippen LogP contribution < -0.4 is 0 Å². The van der Waals surface area contributed by atoms with Crippen LogP contribution in [0.1, 0.15) is 49.7 Å². The summed E-state index contributed by atoms with van der Waals surface area (Å²) in [5.74, 6) is -6.41. The van der Waals surface area contributed by atoms with Crippen molar-refractivity contribution in [2.24, 2.45) is 0 Å². The Kier molecular flexibility index (Phi) is 10.6. The van der Waals surface area contributed by atoms with Gasteiger partial charge in [0.1, 0.15) is 12.1 Å². The lowest BCUT2D eigenvalue weighted by atomic mass is 10.1. The Balaban J connectivity index is 1.67. The van der Waals surface area contributed by atoms with Crippen LogP contribution in [0.4, 0.5) is 26.3 Å². The van der Waals surface area contributed by atoms with E-state index in [0.717, 1.165) is 17.0 Å². The summed E-state index contributed by atoms with van der Waals surface area (Å²) < 4.78 is 80.2. The van der Waals surface area contributed by atoms with Gasteiger partial charge in [-0.3, -0.25) is 14.5 Å². The molecule has 10 nitrogen and oxygen atoms in total. The topological polar surface area (TPSA) is 125 Å². The third-order valence-electron chi connectivity index (χ3n) is 7.10. The van der Waals surface area contributed by atoms with Gasteiger partial charge in [0, 0.05) is 45.6 Å². The van der Waals surface area contributed by atoms with Crippen LogP contribution in [0, 0.1) is 0 Å². The SMILES string of the molecule is O=C(O)[C@H]1CCCN1C(=O)CCN(CCC(=O)N1CCC[C@@H]1C(=O)OC(=O)C(F)(F)F)Cc1ccc(C(F)(F)F)cc1. The molecule has 0 aromatic heterocycles. The first-order valence-corrected chi connectivity index (χ1v) is 13.1. The number of ether oxygens (including phenoxy) is 1. The lowest BCUT2D eigenvalue weighted by molar-refractivity contribution is -0.203. The molecule has 2 heterocycles. The Hall–Kier alpha value is -3.69. The van der Waals surface area contributed by atoms with Gasteiger partial charge < -0.3 is 19.6 Å². The van der Waals surface area contributed by atoms with Gasteiger partial charge in [-0.25, -0.2) is 14.4 Å². The Labute approximate surface area is 236 Å². The number of carbonyl (C=O) groups excluding carboxylic acids is 4. The van der Waals surface area contributed by atoms with Crippen molar-refractivity contribution in [1.29, 1.82) is 0 Å². The highest BCUT2D eigenvalue weighted by molar-refractivity contribution is 5.93. The van der Waals surface area contributed by atoms with Gasteiger partial charge >= 0.3 is 30.3 Å². The van der Waals surface area contributed by atoms with Gasteiger partial charge in [0.05, 0.1) is 5.56 Å². The fraction of sp³-hybridized carbons (Fsp3) is 0.577. The predicted octanol–water partition coefficient (Wildman–Crippen LogP) is 2.99. The van der Waals surface area contributed by atoms with E-state index in [-0.39, 0.29) is 58.4 Å². The Morgan fingerprint density at radius 2 is 1.33 bits per heavy atom. The lowest BCUT2D eigenvalue weighted by Gasteiger charge is -2.27. The summed E-state index contributed by atoms with van der Waals surface area (Å²) in [6.45, 7) is 0.279. The summed E-state index contributed by atoms with van der Waals surface area (Å²) in [6.07, 6.45) is -9.27. The van der Waals surface area contributed by atoms with E-state index in [2.05, 4.69) is 4.74 Å². The second-order valence-electron chi connectivity index (χ2n) is 10.0. The molecule has 3 rings (SSSR count). The monoisotopic (exact) mass is 609 g/mol. The molecule has 1 aromatic carbocycles. The second-order valence-corrected chi connectivity index (χ2v) is 10.0. The van der Waals surface area contributed by atoms with Crippen LogP contribution in [0.2, 0.25) is 0 Å². The standard InChI is InChI=1S/C26H29F6N3O7/c27-25(28,29)17-7-5-16(6-8-17)15-33(13-9-20(36)34-11-1-3-18(34)22(38)39)14-10-21(37)35-12-2-4-19(35)23(40)42-24(41)26(30,31)32/h5-8,18-19H,1-4,9-15H2,(H,38,39)/t18-,19-/m1/s1. The van der Waals surface area contributed by atoms with Crippen molar-refractivity contribution in [1.82, 2.24) is 14.7 Å². The van der Waals surface area contributed by atoms with Gasteiger partial charge in [0.15, 0.2) is 0 Å². The first-order valence-electron chi connectivity index (χ1n) is 13.1. The number of aliphatic carboxylic acids is 1. The third kappa shape index (κ3) is 8.66. The number of hydrogen-bond acceptors (Lipinski definition) is 7. The van der Waals surface area contributed by atoms with Crippen LogP contribution in [0.5, 0.6) is 0 Å². The van der Waals surface area contributed by atoms with E-state index in [4.69, 9.17) is 0 Å². The van der Waals surface area contributed by atoms with Crippen LogP contribution in [0.3, 0.4) is 0 Å². The Morgan fingerprint density at radius 1 is 0.833 bits per heavy atom. The quantitative estimate of drug-likeness (QED) is 0.244. The number of alkyl halides is 6. The fourth-order valence-electron chi connectivity index (χ4n) is 4.97. The maximum atomic E-state index is 13.0. The number of esters is 2. The van der Waals surface area contributed by atoms with Gasteiger partial charge in [0.2, 0.25) is 11.8 Å². The zero-order valence-corrected chi connectivity index (χ0v) is 22.2. The maximum Gasteiger partial charge on any atom is 0.491 e. The molecule has 1 N–H and O–H groups in total. The largest absolute Gasteiger partial charge is 0.491 e. The molecule has 2 aliphatic heterocycles. The molecule has 0 spiro atoms. The smallest absolute Gasteiger partial charge is 0.480 e. The van der Waals surface area contributed by atoms with E-state index >= 15 is 0 Å². The number of benzene rings is 1. The van der Waals surface area contributed by atoms with Crippen molar-refractivity contribution in [3.63, 3.8) is 0 Å². The van der Waals surface area contributed by atoms with Crippen LogP contribution in [0.25, 0.3) is 0 Å². The molecular weight excluding hydrogens is 580 g/mol. The van der Waals surface area contributed by atoms with Crippen molar-refractivity contribution < 1.29 is 60.2 Å². The van der Waals surface area contributed by atoms with E-state index in [1.165, 1.54) is 17.0 Å². The average molecular weight is 610 g/mol. The molecule has 0 aliphatic carbocycles. The highest BCUT2D eigenvalue weighted by atomic mass is 19.4. The fourth-order valence-corrected chi connectivity index (χ4v) is 4.97. The predicted molar refractivity (Wildman–Crippen MR) is 130 cm³/mol. The molecule has 16 heteroatoms. The lowest BCUT2D eigenvalue weighted by Crippen LogP contribution is -2.44. The molecule has 2 fully saturated rings. The molecule has 42 heavy (non-hydrogen) atoms. The number of hydrogen-bond donors (Lipinski definition) is 1. The van der Waals surface area contributed by atoms with E-state index in [1.807, 2.05) is 0 Å². The first-order chi connectivity index (χ1) is 19.6. The van der Waals surface area contributed by atoms with Gasteiger partial charge in [0.25, 0.3) is 0 Å². The Bertz CT molecular complexity index is 1170. The van der Waals surface area contributed by atoms with Gasteiger partial charge in [-0.2, -0.15) is 26.3 Å². The molecule has 2 aliphatic rings. The van der Waals surface area contributed by atoms with Crippen molar-refractivity contribution in [3.05, 3.63) is 35.4 Å². The van der Waals surface area contributed by atoms with Gasteiger partial charge in [-0.15, -0.1) is 0 Å². The van der Waals surface area contributed by atoms with Crippen LogP contribution in [-0.4, -0.2) is 94.0 Å². The van der Waals surface area contributed by atoms with E-state index in [9.17, 15) is 55.4 Å². The highest BCUT2D eigenvalue weighted by Crippen LogP contribution is 2.29. The molecule has 0 unspecified atom stereocenters. The maximum absolute atomic E-state index is 13.0. The third-order valence-corrected chi connectivity index (χ3v) is 7.10. The van der Waals surface area contributed by atoms with Crippen molar-refractivity contribution in [2.75, 3.05) is 26.2 Å². The first kappa shape index (κ1) is 32.8. The minimum Gasteiger partial charge on any atom is -0.480 e. The molecule has 0 bridgehead atoms. The summed E-state index contributed by atoms with van der Waals surface area (Å²) in [5, 5.41) is 9.35. The summed E-state index contributed by atoms with van der Waals surface area (Å²) in [5.41, 5.74) is -0.436. The number of carboxylic acid groups (broad SMARTS) is 1. The molecule has 232 valence electrons. The van der Waals surface area contributed by atoms with Crippen LogP contribution in [0.15, 0.2) is 24.3 Å². The molecule has 1 aromatic rings. The molecule has 2 saturated heterocycles. The van der Waals surface area contributed by atoms with E-state index < -0.39 is 59.7 Å². The molecule has 2 atom stereocenters. The number of carboxylic acids is 1. The van der Waals surface area contributed by atoms with E-state index in [1.54, 1.807) is 4.90 Å². The van der Waals surface area contributed by atoms with E-state index in [0.29, 0.717) is 18.4 Å². The van der Waals surface area contributed by atoms with Crippen molar-refractivity contribution in [2.45, 2.75) is 69.5 Å². The molecular formula is C26H29F6N3O7. The number of amides is 2. The average Bonchev–Trinajstić information content (AvgIpc) is 3.59. The van der Waals surface area contributed by atoms with Crippen LogP contribution >= 0.6 is 0 Å². The number of halogens is 6. The molecule has 0 saturated carbocycles. The zero-order chi connectivity index (χ0) is 31.2. The number of likely N-dealkylation sites (tertiary alicyclic amines) is 2. The van der Waals surface area contributed by atoms with Gasteiger partial charge in [-0.05, 0) is 43.4 Å². The molecule has 2 amide bonds.